The number of pyridine rings is 1. The van der Waals surface area contributed by atoms with Crippen LogP contribution in [-0.4, -0.2) is 4.98 Å². The van der Waals surface area contributed by atoms with E-state index in [1.807, 2.05) is 0 Å². The molecule has 0 fully saturated rings. The molecule has 16 heavy (non-hydrogen) atoms. The lowest BCUT2D eigenvalue weighted by atomic mass is 10.1. The molecule has 0 spiro atoms. The van der Waals surface area contributed by atoms with Crippen LogP contribution in [0.5, 0.6) is 0 Å². The van der Waals surface area contributed by atoms with Crippen LogP contribution in [0.4, 0.5) is 26.3 Å². The zero-order chi connectivity index (χ0) is 12.5. The maximum atomic E-state index is 13.2. The smallest absolute Gasteiger partial charge is 0.252 e. The second-order valence-corrected chi connectivity index (χ2v) is 3.34. The van der Waals surface area contributed by atoms with Gasteiger partial charge in [-0.1, -0.05) is 15.9 Å². The molecule has 1 heterocycles. The van der Waals surface area contributed by atoms with Gasteiger partial charge < -0.3 is 0 Å². The van der Waals surface area contributed by atoms with Crippen molar-refractivity contribution in [3.63, 3.8) is 0 Å². The van der Waals surface area contributed by atoms with E-state index < -0.39 is 40.6 Å². The third-order valence-corrected chi connectivity index (χ3v) is 2.35. The summed E-state index contributed by atoms with van der Waals surface area (Å²) in [6.45, 7) is 0. The molecule has 1 rings (SSSR count). The van der Waals surface area contributed by atoms with Crippen LogP contribution in [0.3, 0.4) is 0 Å². The molecule has 0 atom stereocenters. The first-order valence-corrected chi connectivity index (χ1v) is 4.99. The fraction of sp³-hybridized carbons (Fsp3) is 0.375. The molecule has 1 aromatic rings. The lowest BCUT2D eigenvalue weighted by molar-refractivity contribution is -0.138. The molecule has 0 unspecified atom stereocenters. The summed E-state index contributed by atoms with van der Waals surface area (Å²) in [5.41, 5.74) is -3.49. The van der Waals surface area contributed by atoms with Gasteiger partial charge in [-0.15, -0.1) is 0 Å². The summed E-state index contributed by atoms with van der Waals surface area (Å²) in [6, 6.07) is 0. The lowest BCUT2D eigenvalue weighted by Gasteiger charge is -2.13. The average molecular weight is 308 g/mol. The Morgan fingerprint density at radius 2 is 1.88 bits per heavy atom. The van der Waals surface area contributed by atoms with Crippen molar-refractivity contribution in [3.8, 4) is 0 Å². The van der Waals surface area contributed by atoms with Gasteiger partial charge in [0.2, 0.25) is 0 Å². The summed E-state index contributed by atoms with van der Waals surface area (Å²) in [5, 5.41) is -0.518. The second-order valence-electron chi connectivity index (χ2n) is 2.78. The van der Waals surface area contributed by atoms with Crippen molar-refractivity contribution in [3.05, 3.63) is 28.8 Å². The van der Waals surface area contributed by atoms with E-state index in [4.69, 9.17) is 0 Å². The van der Waals surface area contributed by atoms with Gasteiger partial charge in [-0.05, 0) is 0 Å². The van der Waals surface area contributed by atoms with Crippen molar-refractivity contribution < 1.29 is 26.3 Å². The Kier molecular flexibility index (Phi) is 3.82. The van der Waals surface area contributed by atoms with Crippen molar-refractivity contribution in [2.24, 2.45) is 0 Å². The number of nitrogens with zero attached hydrogens (tertiary/aromatic N) is 1. The molecule has 0 aliphatic rings. The van der Waals surface area contributed by atoms with Gasteiger partial charge >= 0.3 is 6.18 Å². The lowest BCUT2D eigenvalue weighted by Crippen LogP contribution is -2.13. The summed E-state index contributed by atoms with van der Waals surface area (Å²) in [7, 11) is 0. The number of rotatable bonds is 2. The van der Waals surface area contributed by atoms with Crippen LogP contribution in [-0.2, 0) is 11.5 Å². The molecule has 90 valence electrons. The molecule has 8 heteroatoms. The highest BCUT2D eigenvalue weighted by molar-refractivity contribution is 9.08. The summed E-state index contributed by atoms with van der Waals surface area (Å²) >= 11 is 2.62. The Morgan fingerprint density at radius 1 is 1.31 bits per heavy atom. The monoisotopic (exact) mass is 307 g/mol. The topological polar surface area (TPSA) is 12.9 Å². The number of alkyl halides is 6. The van der Waals surface area contributed by atoms with E-state index in [-0.39, 0.29) is 6.20 Å². The standard InChI is InChI=1S/C8H4BrF6N/c9-1-3-4(8(13,14)15)2-16-6(5(3)10)7(11)12/h2,7H,1H2. The number of aromatic nitrogens is 1. The Hall–Kier alpha value is -0.790. The van der Waals surface area contributed by atoms with Gasteiger partial charge in [0.15, 0.2) is 5.82 Å². The van der Waals surface area contributed by atoms with Gasteiger partial charge in [0.25, 0.3) is 6.43 Å². The molecular formula is C8H4BrF6N. The maximum absolute atomic E-state index is 13.2. The Labute approximate surface area is 94.6 Å². The quantitative estimate of drug-likeness (QED) is 0.593. The minimum atomic E-state index is -4.82. The zero-order valence-electron chi connectivity index (χ0n) is 7.45. The Balaban J connectivity index is 3.41. The molecule has 0 N–H and O–H groups in total. The largest absolute Gasteiger partial charge is 0.418 e. The van der Waals surface area contributed by atoms with E-state index in [1.165, 1.54) is 0 Å². The van der Waals surface area contributed by atoms with E-state index in [2.05, 4.69) is 20.9 Å². The van der Waals surface area contributed by atoms with Crippen LogP contribution >= 0.6 is 15.9 Å². The normalized spacial score (nSPS) is 12.2. The first-order valence-electron chi connectivity index (χ1n) is 3.87. The highest BCUT2D eigenvalue weighted by atomic mass is 79.9. The summed E-state index contributed by atoms with van der Waals surface area (Å²) < 4.78 is 74.6. The van der Waals surface area contributed by atoms with E-state index >= 15 is 0 Å². The third-order valence-electron chi connectivity index (χ3n) is 1.79. The summed E-state index contributed by atoms with van der Waals surface area (Å²) in [6.07, 6.45) is -7.86. The molecule has 0 aliphatic carbocycles. The van der Waals surface area contributed by atoms with Gasteiger partial charge in [-0.25, -0.2) is 13.2 Å². The summed E-state index contributed by atoms with van der Waals surface area (Å²) in [5.74, 6) is -1.62. The molecular weight excluding hydrogens is 304 g/mol. The average Bonchev–Trinajstić information content (AvgIpc) is 2.15. The molecule has 0 aliphatic heterocycles. The van der Waals surface area contributed by atoms with Gasteiger partial charge in [0.05, 0.1) is 5.56 Å². The number of halogens is 7. The molecule has 1 nitrogen and oxygen atoms in total. The summed E-state index contributed by atoms with van der Waals surface area (Å²) in [4.78, 5) is 2.79. The van der Waals surface area contributed by atoms with Crippen LogP contribution < -0.4 is 0 Å². The van der Waals surface area contributed by atoms with Gasteiger partial charge in [0, 0.05) is 17.1 Å². The van der Waals surface area contributed by atoms with Gasteiger partial charge in [-0.2, -0.15) is 13.2 Å². The predicted molar refractivity (Wildman–Crippen MR) is 46.8 cm³/mol. The van der Waals surface area contributed by atoms with Crippen LogP contribution in [0.15, 0.2) is 6.20 Å². The highest BCUT2D eigenvalue weighted by Gasteiger charge is 2.36. The molecule has 0 bridgehead atoms. The van der Waals surface area contributed by atoms with Crippen LogP contribution in [0, 0.1) is 5.82 Å². The minimum absolute atomic E-state index is 0.209. The second kappa shape index (κ2) is 4.60. The van der Waals surface area contributed by atoms with E-state index in [1.54, 1.807) is 0 Å². The number of hydrogen-bond acceptors (Lipinski definition) is 1. The maximum Gasteiger partial charge on any atom is 0.418 e. The Bertz CT molecular complexity index is 389. The van der Waals surface area contributed by atoms with Gasteiger partial charge in [-0.3, -0.25) is 4.98 Å². The first-order chi connectivity index (χ1) is 7.29. The predicted octanol–water partition coefficient (Wildman–Crippen LogP) is 4.07. The molecule has 0 aromatic carbocycles. The zero-order valence-corrected chi connectivity index (χ0v) is 9.04. The van der Waals surface area contributed by atoms with E-state index in [0.717, 1.165) is 0 Å². The SMILES string of the molecule is Fc1c(C(F)F)ncc(C(F)(F)F)c1CBr. The van der Waals surface area contributed by atoms with Crippen LogP contribution in [0.1, 0.15) is 23.2 Å². The van der Waals surface area contributed by atoms with E-state index in [9.17, 15) is 26.3 Å². The molecule has 0 radical (unpaired) electrons. The van der Waals surface area contributed by atoms with Crippen LogP contribution in [0.2, 0.25) is 0 Å². The first kappa shape index (κ1) is 13.3. The van der Waals surface area contributed by atoms with Crippen molar-refractivity contribution in [1.82, 2.24) is 4.98 Å². The molecule has 0 amide bonds. The fourth-order valence-corrected chi connectivity index (χ4v) is 1.62. The molecule has 1 aromatic heterocycles. The van der Waals surface area contributed by atoms with Crippen molar-refractivity contribution in [2.45, 2.75) is 17.9 Å². The van der Waals surface area contributed by atoms with Gasteiger partial charge in [0.1, 0.15) is 5.69 Å². The highest BCUT2D eigenvalue weighted by Crippen LogP contribution is 2.35. The Morgan fingerprint density at radius 3 is 2.25 bits per heavy atom. The van der Waals surface area contributed by atoms with Crippen molar-refractivity contribution in [1.29, 1.82) is 0 Å². The van der Waals surface area contributed by atoms with Crippen LogP contribution in [0.25, 0.3) is 0 Å². The minimum Gasteiger partial charge on any atom is -0.252 e. The third kappa shape index (κ3) is 2.47. The van der Waals surface area contributed by atoms with E-state index in [0.29, 0.717) is 0 Å². The van der Waals surface area contributed by atoms with Crippen molar-refractivity contribution >= 4 is 15.9 Å². The molecule has 0 saturated heterocycles. The van der Waals surface area contributed by atoms with Crippen molar-refractivity contribution in [2.75, 3.05) is 0 Å². The fourth-order valence-electron chi connectivity index (χ4n) is 1.07. The number of hydrogen-bond donors (Lipinski definition) is 0. The molecule has 0 saturated carbocycles.